The minimum atomic E-state index is 0.105. The molecule has 146 valence electrons. The number of hydrogen-bond donors (Lipinski definition) is 0. The van der Waals surface area contributed by atoms with Crippen molar-refractivity contribution >= 4 is 5.78 Å². The summed E-state index contributed by atoms with van der Waals surface area (Å²) in [5.41, 5.74) is 0.382. The third kappa shape index (κ3) is 18.7. The van der Waals surface area contributed by atoms with Crippen molar-refractivity contribution < 1.29 is 4.79 Å². The van der Waals surface area contributed by atoms with E-state index in [-0.39, 0.29) is 16.6 Å². The second kappa shape index (κ2) is 13.6. The van der Waals surface area contributed by atoms with Crippen LogP contribution >= 0.6 is 0 Å². The Balaban J connectivity index is 3.83. The largest absolute Gasteiger partial charge is 0.300 e. The fraction of sp³-hybridized carbons (Fsp3) is 0.560. The van der Waals surface area contributed by atoms with Gasteiger partial charge in [-0.1, -0.05) is 95.4 Å². The maximum atomic E-state index is 11.1. The molecule has 1 heteroatoms. The summed E-state index contributed by atoms with van der Waals surface area (Å²) in [4.78, 5) is 11.1. The van der Waals surface area contributed by atoms with Crippen LogP contribution in [0.5, 0.6) is 0 Å². The Morgan fingerprint density at radius 3 is 1.42 bits per heavy atom. The highest BCUT2D eigenvalue weighted by molar-refractivity contribution is 5.75. The van der Waals surface area contributed by atoms with Gasteiger partial charge in [0.25, 0.3) is 0 Å². The summed E-state index contributed by atoms with van der Waals surface area (Å²) in [7, 11) is 0. The van der Waals surface area contributed by atoms with Gasteiger partial charge in [0, 0.05) is 6.42 Å². The molecule has 0 radical (unpaired) electrons. The lowest BCUT2D eigenvalue weighted by atomic mass is 9.86. The van der Waals surface area contributed by atoms with Crippen LogP contribution in [-0.4, -0.2) is 5.78 Å². The van der Waals surface area contributed by atoms with Gasteiger partial charge in [-0.05, 0) is 49.9 Å². The van der Waals surface area contributed by atoms with Gasteiger partial charge in [0.05, 0.1) is 0 Å². The van der Waals surface area contributed by atoms with E-state index >= 15 is 0 Å². The Hall–Kier alpha value is -1.63. The van der Waals surface area contributed by atoms with Crippen molar-refractivity contribution in [1.82, 2.24) is 0 Å². The molecule has 0 saturated heterocycles. The Kier molecular flexibility index (Phi) is 12.7. The summed E-state index contributed by atoms with van der Waals surface area (Å²) in [5.74, 6) is 0.273. The molecule has 0 aromatic heterocycles. The van der Waals surface area contributed by atoms with E-state index in [1.165, 1.54) is 0 Å². The molecule has 0 heterocycles. The first-order valence-corrected chi connectivity index (χ1v) is 9.92. The van der Waals surface area contributed by atoms with E-state index in [1.807, 2.05) is 0 Å². The van der Waals surface area contributed by atoms with Crippen LogP contribution in [0.15, 0.2) is 60.8 Å². The summed E-state index contributed by atoms with van der Waals surface area (Å²) in [6.45, 7) is 12.7. The van der Waals surface area contributed by atoms with Crippen molar-refractivity contribution in [2.75, 3.05) is 0 Å². The number of hydrogen-bond acceptors (Lipinski definition) is 1. The summed E-state index contributed by atoms with van der Waals surface area (Å²) >= 11 is 0. The molecule has 0 rings (SSSR count). The normalized spacial score (nSPS) is 14.1. The minimum absolute atomic E-state index is 0.105. The smallest absolute Gasteiger partial charge is 0.129 e. The Morgan fingerprint density at radius 2 is 1.04 bits per heavy atom. The van der Waals surface area contributed by atoms with Gasteiger partial charge in [0.2, 0.25) is 0 Å². The molecule has 0 unspecified atom stereocenters. The van der Waals surface area contributed by atoms with Crippen LogP contribution in [0.3, 0.4) is 0 Å². The predicted molar refractivity (Wildman–Crippen MR) is 117 cm³/mol. The zero-order valence-corrected chi connectivity index (χ0v) is 17.9. The SMILES string of the molecule is CC(=O)CCC(C)(C)/C=C\C/C=C\C/C=C\C/C=C\C/C=C\C(C)(C)C. The molecule has 0 aromatic rings. The van der Waals surface area contributed by atoms with Crippen molar-refractivity contribution in [3.8, 4) is 0 Å². The van der Waals surface area contributed by atoms with E-state index in [0.29, 0.717) is 6.42 Å². The van der Waals surface area contributed by atoms with E-state index < -0.39 is 0 Å². The molecule has 0 fully saturated rings. The molecule has 0 amide bonds. The molecule has 0 spiro atoms. The average molecular weight is 357 g/mol. The standard InChI is InChI=1S/C25H40O/c1-23(26)19-22-25(5,6)21-18-16-14-12-10-8-7-9-11-13-15-17-20-24(2,3)4/h7-8,11-14,17-18,20-21H,9-10,15-16,19,22H2,1-6H3/b8-7-,13-11-,14-12-,20-17-,21-18-. The van der Waals surface area contributed by atoms with E-state index in [0.717, 1.165) is 32.1 Å². The molecule has 0 N–H and O–H groups in total. The van der Waals surface area contributed by atoms with Crippen LogP contribution in [0.4, 0.5) is 0 Å². The summed E-state index contributed by atoms with van der Waals surface area (Å²) in [6, 6.07) is 0. The van der Waals surface area contributed by atoms with Gasteiger partial charge in [-0.2, -0.15) is 0 Å². The quantitative estimate of drug-likeness (QED) is 0.326. The first kappa shape index (κ1) is 24.4. The van der Waals surface area contributed by atoms with Crippen molar-refractivity contribution in [3.63, 3.8) is 0 Å². The van der Waals surface area contributed by atoms with E-state index in [4.69, 9.17) is 0 Å². The van der Waals surface area contributed by atoms with Crippen molar-refractivity contribution in [1.29, 1.82) is 0 Å². The number of ketones is 1. The monoisotopic (exact) mass is 356 g/mol. The van der Waals surface area contributed by atoms with Gasteiger partial charge in [0.15, 0.2) is 0 Å². The highest BCUT2D eigenvalue weighted by Crippen LogP contribution is 2.24. The number of rotatable bonds is 12. The molecule has 0 aliphatic heterocycles. The molecule has 0 aliphatic carbocycles. The summed E-state index contributed by atoms with van der Waals surface area (Å²) in [6.07, 6.45) is 27.8. The van der Waals surface area contributed by atoms with E-state index in [9.17, 15) is 4.79 Å². The zero-order valence-electron chi connectivity index (χ0n) is 17.9. The number of Topliss-reactive ketones (excluding diaryl/α,β-unsaturated/α-hetero) is 1. The summed E-state index contributed by atoms with van der Waals surface area (Å²) < 4.78 is 0. The molecule has 0 aromatic carbocycles. The van der Waals surface area contributed by atoms with Gasteiger partial charge < -0.3 is 4.79 Å². The highest BCUT2D eigenvalue weighted by atomic mass is 16.1. The fourth-order valence-corrected chi connectivity index (χ4v) is 2.28. The molecule has 1 nitrogen and oxygen atoms in total. The molecular weight excluding hydrogens is 316 g/mol. The predicted octanol–water partition coefficient (Wildman–Crippen LogP) is 7.77. The lowest BCUT2D eigenvalue weighted by molar-refractivity contribution is -0.117. The number of carbonyl (C=O) groups is 1. The third-order valence-corrected chi connectivity index (χ3v) is 3.90. The molecule has 0 atom stereocenters. The van der Waals surface area contributed by atoms with Crippen LogP contribution in [0.1, 0.15) is 80.1 Å². The average Bonchev–Trinajstić information content (AvgIpc) is 2.52. The Labute approximate surface area is 162 Å². The maximum absolute atomic E-state index is 11.1. The Morgan fingerprint density at radius 1 is 0.654 bits per heavy atom. The van der Waals surface area contributed by atoms with Gasteiger partial charge >= 0.3 is 0 Å². The van der Waals surface area contributed by atoms with E-state index in [2.05, 4.69) is 95.4 Å². The van der Waals surface area contributed by atoms with Crippen LogP contribution < -0.4 is 0 Å². The second-order valence-electron chi connectivity index (χ2n) is 8.72. The van der Waals surface area contributed by atoms with Crippen LogP contribution in [0, 0.1) is 10.8 Å². The number of carbonyl (C=O) groups excluding carboxylic acids is 1. The van der Waals surface area contributed by atoms with Crippen molar-refractivity contribution in [2.24, 2.45) is 10.8 Å². The molecule has 0 aliphatic rings. The molecule has 0 bridgehead atoms. The maximum Gasteiger partial charge on any atom is 0.129 e. The topological polar surface area (TPSA) is 17.1 Å². The van der Waals surface area contributed by atoms with Gasteiger partial charge in [-0.3, -0.25) is 0 Å². The third-order valence-electron chi connectivity index (χ3n) is 3.90. The lowest BCUT2D eigenvalue weighted by Crippen LogP contribution is -2.09. The van der Waals surface area contributed by atoms with Gasteiger partial charge in [0.1, 0.15) is 5.78 Å². The van der Waals surface area contributed by atoms with Gasteiger partial charge in [-0.25, -0.2) is 0 Å². The molecular formula is C25H40O. The van der Waals surface area contributed by atoms with Crippen LogP contribution in [0.25, 0.3) is 0 Å². The van der Waals surface area contributed by atoms with Crippen LogP contribution in [-0.2, 0) is 4.79 Å². The number of allylic oxidation sites excluding steroid dienone is 10. The van der Waals surface area contributed by atoms with E-state index in [1.54, 1.807) is 6.92 Å². The van der Waals surface area contributed by atoms with Crippen LogP contribution in [0.2, 0.25) is 0 Å². The van der Waals surface area contributed by atoms with Crippen molar-refractivity contribution in [2.45, 2.75) is 80.1 Å². The first-order valence-electron chi connectivity index (χ1n) is 9.92. The first-order chi connectivity index (χ1) is 12.1. The molecule has 26 heavy (non-hydrogen) atoms. The Bertz CT molecular complexity index is 519. The second-order valence-corrected chi connectivity index (χ2v) is 8.72. The fourth-order valence-electron chi connectivity index (χ4n) is 2.28. The van der Waals surface area contributed by atoms with Gasteiger partial charge in [-0.15, -0.1) is 0 Å². The molecule has 0 saturated carbocycles. The van der Waals surface area contributed by atoms with Crippen molar-refractivity contribution in [3.05, 3.63) is 60.8 Å². The zero-order chi connectivity index (χ0) is 19.9. The summed E-state index contributed by atoms with van der Waals surface area (Å²) in [5, 5.41) is 0. The highest BCUT2D eigenvalue weighted by Gasteiger charge is 2.13. The minimum Gasteiger partial charge on any atom is -0.300 e. The lowest BCUT2D eigenvalue weighted by Gasteiger charge is -2.18.